The molecule has 82 valence electrons. The summed E-state index contributed by atoms with van der Waals surface area (Å²) in [6.45, 7) is 0. The van der Waals surface area contributed by atoms with Gasteiger partial charge in [0.2, 0.25) is 0 Å². The molecule has 0 saturated carbocycles. The van der Waals surface area contributed by atoms with Crippen LogP contribution < -0.4 is 7.80 Å². The quantitative estimate of drug-likeness (QED) is 0.791. The Kier molecular flexibility index (Phi) is 3.66. The predicted molar refractivity (Wildman–Crippen MR) is 73.1 cm³/mol. The largest absolute Gasteiger partial charge is 0.497 e. The summed E-state index contributed by atoms with van der Waals surface area (Å²) < 4.78 is 10.2. The molecule has 0 spiro atoms. The smallest absolute Gasteiger partial charge is 0.192 e. The molecule has 0 aliphatic rings. The zero-order valence-corrected chi connectivity index (χ0v) is 11.0. The molecule has 2 nitrogen and oxygen atoms in total. The zero-order valence-electron chi connectivity index (χ0n) is 8.81. The second-order valence-electron chi connectivity index (χ2n) is 3.33. The van der Waals surface area contributed by atoms with Crippen molar-refractivity contribution in [1.29, 1.82) is 0 Å². The second kappa shape index (κ2) is 5.21. The van der Waals surface area contributed by atoms with E-state index in [0.29, 0.717) is 0 Å². The molecule has 0 aromatic heterocycles. The molecule has 2 aromatic rings. The number of methoxy groups -OCH3 is 1. The van der Waals surface area contributed by atoms with Crippen LogP contribution >= 0.6 is 23.0 Å². The molecule has 2 rings (SSSR count). The summed E-state index contributed by atoms with van der Waals surface area (Å²) in [7, 11) is 1.67. The molecule has 0 amide bonds. The van der Waals surface area contributed by atoms with Crippen LogP contribution in [-0.2, 0) is 0 Å². The van der Waals surface area contributed by atoms with Gasteiger partial charge >= 0.3 is 0 Å². The highest BCUT2D eigenvalue weighted by atomic mass is 127. The van der Waals surface area contributed by atoms with E-state index in [9.17, 15) is 0 Å². The molecule has 3 heteroatoms. The summed E-state index contributed by atoms with van der Waals surface area (Å²) in [6, 6.07) is 16.0. The van der Waals surface area contributed by atoms with Crippen molar-refractivity contribution in [1.82, 2.24) is 0 Å². The Morgan fingerprint density at radius 1 is 0.750 bits per heavy atom. The maximum atomic E-state index is 5.12. The van der Waals surface area contributed by atoms with E-state index in [1.807, 2.05) is 71.5 Å². The van der Waals surface area contributed by atoms with E-state index >= 15 is 0 Å². The fraction of sp³-hybridized carbons (Fsp3) is 0.0769. The zero-order chi connectivity index (χ0) is 11.4. The van der Waals surface area contributed by atoms with Crippen LogP contribution in [0.2, 0.25) is 0 Å². The molecule has 0 atom stereocenters. The van der Waals surface area contributed by atoms with E-state index in [4.69, 9.17) is 7.80 Å². The van der Waals surface area contributed by atoms with Crippen molar-refractivity contribution in [3.05, 3.63) is 48.5 Å². The fourth-order valence-corrected chi connectivity index (χ4v) is 1.78. The maximum Gasteiger partial charge on any atom is 0.192 e. The van der Waals surface area contributed by atoms with Crippen molar-refractivity contribution in [3.63, 3.8) is 0 Å². The standard InChI is InChI=1S/C13H11IO2/c1-15-12-6-2-10(3-7-12)11-4-8-13(16-14)9-5-11/h2-9H,1H3. The molecule has 0 saturated heterocycles. The van der Waals surface area contributed by atoms with Crippen molar-refractivity contribution >= 4 is 23.0 Å². The highest BCUT2D eigenvalue weighted by Crippen LogP contribution is 2.24. The number of ether oxygens (including phenoxy) is 1. The third-order valence-corrected chi connectivity index (χ3v) is 2.88. The average Bonchev–Trinajstić information content (AvgIpc) is 2.39. The van der Waals surface area contributed by atoms with Gasteiger partial charge < -0.3 is 7.80 Å². The molecule has 0 heterocycles. The molecule has 0 fully saturated rings. The summed E-state index contributed by atoms with van der Waals surface area (Å²) in [5.74, 6) is 1.73. The summed E-state index contributed by atoms with van der Waals surface area (Å²) in [6.07, 6.45) is 0. The monoisotopic (exact) mass is 326 g/mol. The average molecular weight is 326 g/mol. The van der Waals surface area contributed by atoms with E-state index in [2.05, 4.69) is 0 Å². The van der Waals surface area contributed by atoms with Crippen molar-refractivity contribution in [2.24, 2.45) is 0 Å². The molecule has 16 heavy (non-hydrogen) atoms. The third kappa shape index (κ3) is 2.47. The Labute approximate surface area is 109 Å². The predicted octanol–water partition coefficient (Wildman–Crippen LogP) is 4.09. The molecule has 0 aliphatic heterocycles. The first-order valence-corrected chi connectivity index (χ1v) is 5.74. The van der Waals surface area contributed by atoms with Crippen molar-refractivity contribution in [2.75, 3.05) is 7.11 Å². The van der Waals surface area contributed by atoms with Crippen LogP contribution in [0.4, 0.5) is 0 Å². The first-order chi connectivity index (χ1) is 7.83. The Morgan fingerprint density at radius 2 is 1.19 bits per heavy atom. The number of rotatable bonds is 3. The minimum atomic E-state index is 0.859. The minimum absolute atomic E-state index is 0.859. The maximum absolute atomic E-state index is 5.12. The normalized spacial score (nSPS) is 9.88. The Bertz CT molecular complexity index is 403. The van der Waals surface area contributed by atoms with Gasteiger partial charge in [0, 0.05) is 0 Å². The molecular weight excluding hydrogens is 315 g/mol. The van der Waals surface area contributed by atoms with Gasteiger partial charge in [-0.15, -0.1) is 0 Å². The van der Waals surface area contributed by atoms with Gasteiger partial charge in [-0.3, -0.25) is 0 Å². The van der Waals surface area contributed by atoms with Crippen LogP contribution in [0.1, 0.15) is 0 Å². The number of benzene rings is 2. The topological polar surface area (TPSA) is 18.5 Å². The van der Waals surface area contributed by atoms with E-state index in [1.165, 1.54) is 11.1 Å². The Hall–Kier alpha value is -1.23. The van der Waals surface area contributed by atoms with Gasteiger partial charge in [-0.1, -0.05) is 24.3 Å². The number of hydrogen-bond donors (Lipinski definition) is 0. The molecule has 0 aliphatic carbocycles. The van der Waals surface area contributed by atoms with Gasteiger partial charge in [0.1, 0.15) is 11.5 Å². The van der Waals surface area contributed by atoms with Gasteiger partial charge in [-0.2, -0.15) is 0 Å². The molecule has 0 N–H and O–H groups in total. The molecule has 0 radical (unpaired) electrons. The van der Waals surface area contributed by atoms with Crippen LogP contribution in [-0.4, -0.2) is 7.11 Å². The van der Waals surface area contributed by atoms with Crippen LogP contribution in [0.15, 0.2) is 48.5 Å². The summed E-state index contributed by atoms with van der Waals surface area (Å²) >= 11 is 1.87. The SMILES string of the molecule is COc1ccc(-c2ccc(OI)cc2)cc1. The van der Waals surface area contributed by atoms with Crippen molar-refractivity contribution in [2.45, 2.75) is 0 Å². The van der Waals surface area contributed by atoms with E-state index in [-0.39, 0.29) is 0 Å². The van der Waals surface area contributed by atoms with Crippen LogP contribution in [0.25, 0.3) is 11.1 Å². The summed E-state index contributed by atoms with van der Waals surface area (Å²) in [5, 5.41) is 0. The minimum Gasteiger partial charge on any atom is -0.497 e. The second-order valence-corrected chi connectivity index (χ2v) is 3.77. The highest BCUT2D eigenvalue weighted by Gasteiger charge is 1.98. The van der Waals surface area contributed by atoms with E-state index in [1.54, 1.807) is 7.11 Å². The molecule has 0 bridgehead atoms. The van der Waals surface area contributed by atoms with Gasteiger partial charge in [-0.05, 0) is 35.4 Å². The lowest BCUT2D eigenvalue weighted by Gasteiger charge is -2.04. The number of hydrogen-bond acceptors (Lipinski definition) is 2. The van der Waals surface area contributed by atoms with E-state index < -0.39 is 0 Å². The first-order valence-electron chi connectivity index (χ1n) is 4.86. The lowest BCUT2D eigenvalue weighted by atomic mass is 10.1. The van der Waals surface area contributed by atoms with Gasteiger partial charge in [-0.25, -0.2) is 0 Å². The lowest BCUT2D eigenvalue weighted by Crippen LogP contribution is -1.82. The van der Waals surface area contributed by atoms with Gasteiger partial charge in [0.15, 0.2) is 23.0 Å². The molecular formula is C13H11IO2. The van der Waals surface area contributed by atoms with Crippen LogP contribution in [0.3, 0.4) is 0 Å². The van der Waals surface area contributed by atoms with Crippen LogP contribution in [0, 0.1) is 0 Å². The highest BCUT2D eigenvalue weighted by molar-refractivity contribution is 14.1. The third-order valence-electron chi connectivity index (χ3n) is 2.37. The number of halogens is 1. The fourth-order valence-electron chi connectivity index (χ4n) is 1.48. The van der Waals surface area contributed by atoms with Gasteiger partial charge in [0.05, 0.1) is 7.11 Å². The van der Waals surface area contributed by atoms with Crippen molar-refractivity contribution in [3.8, 4) is 22.6 Å². The van der Waals surface area contributed by atoms with Crippen molar-refractivity contribution < 1.29 is 7.80 Å². The Morgan fingerprint density at radius 3 is 1.56 bits per heavy atom. The lowest BCUT2D eigenvalue weighted by molar-refractivity contribution is 0.415. The van der Waals surface area contributed by atoms with E-state index in [0.717, 1.165) is 11.5 Å². The van der Waals surface area contributed by atoms with Crippen LogP contribution in [0.5, 0.6) is 11.5 Å². The summed E-state index contributed by atoms with van der Waals surface area (Å²) in [5.41, 5.74) is 2.33. The molecule has 2 aromatic carbocycles. The Balaban J connectivity index is 2.28. The van der Waals surface area contributed by atoms with Gasteiger partial charge in [0.25, 0.3) is 0 Å². The first kappa shape index (κ1) is 11.3. The molecule has 0 unspecified atom stereocenters. The summed E-state index contributed by atoms with van der Waals surface area (Å²) in [4.78, 5) is 0.